The second kappa shape index (κ2) is 12.6. The highest BCUT2D eigenvalue weighted by atomic mass is 16.6. The minimum absolute atomic E-state index is 0.00796. The highest BCUT2D eigenvalue weighted by Crippen LogP contribution is 2.34. The number of ether oxygens (including phenoxy) is 2. The monoisotopic (exact) mass is 504 g/mol. The number of rotatable bonds is 12. The topological polar surface area (TPSA) is 146 Å². The first-order chi connectivity index (χ1) is 17.8. The van der Waals surface area contributed by atoms with Crippen LogP contribution in [0.3, 0.4) is 0 Å². The molecule has 0 aliphatic rings. The molecule has 0 atom stereocenters. The third kappa shape index (κ3) is 7.21. The summed E-state index contributed by atoms with van der Waals surface area (Å²) in [6.07, 6.45) is 3.38. The molecular weight excluding hydrogens is 480 g/mol. The zero-order valence-electron chi connectivity index (χ0n) is 20.0. The van der Waals surface area contributed by atoms with E-state index < -0.39 is 15.8 Å². The van der Waals surface area contributed by atoms with E-state index in [-0.39, 0.29) is 30.0 Å². The molecule has 3 rings (SSSR count). The largest absolute Gasteiger partial charge is 0.493 e. The van der Waals surface area contributed by atoms with Gasteiger partial charge in [0, 0.05) is 29.3 Å². The van der Waals surface area contributed by atoms with Crippen LogP contribution in [0.4, 0.5) is 11.4 Å². The van der Waals surface area contributed by atoms with E-state index in [0.29, 0.717) is 23.5 Å². The summed E-state index contributed by atoms with van der Waals surface area (Å²) >= 11 is 0. The van der Waals surface area contributed by atoms with E-state index in [4.69, 9.17) is 9.47 Å². The summed E-state index contributed by atoms with van der Waals surface area (Å²) < 4.78 is 11.5. The van der Waals surface area contributed by atoms with Crippen molar-refractivity contribution < 1.29 is 24.1 Å². The van der Waals surface area contributed by atoms with Gasteiger partial charge in [0.2, 0.25) is 5.91 Å². The molecule has 0 unspecified atom stereocenters. The number of nitrogens with one attached hydrogen (secondary N) is 1. The number of carbonyl (C=O) groups excluding carboxylic acids is 1. The van der Waals surface area contributed by atoms with Crippen LogP contribution >= 0.6 is 0 Å². The van der Waals surface area contributed by atoms with Gasteiger partial charge in [0.05, 0.1) is 29.6 Å². The van der Waals surface area contributed by atoms with Crippen molar-refractivity contribution in [2.24, 2.45) is 5.10 Å². The average molecular weight is 504 g/mol. The molecule has 3 aromatic rings. The van der Waals surface area contributed by atoms with Crippen LogP contribution in [0.15, 0.2) is 78.4 Å². The third-order valence-electron chi connectivity index (χ3n) is 5.21. The Kier molecular flexibility index (Phi) is 9.03. The van der Waals surface area contributed by atoms with Crippen LogP contribution in [-0.4, -0.2) is 29.1 Å². The summed E-state index contributed by atoms with van der Waals surface area (Å²) in [4.78, 5) is 33.2. The molecule has 0 bridgehead atoms. The summed E-state index contributed by atoms with van der Waals surface area (Å²) in [5.74, 6) is 0.402. The molecule has 0 spiro atoms. The Morgan fingerprint density at radius 2 is 1.78 bits per heavy atom. The quantitative estimate of drug-likeness (QED) is 0.165. The molecule has 37 heavy (non-hydrogen) atoms. The van der Waals surface area contributed by atoms with Crippen molar-refractivity contribution in [2.45, 2.75) is 19.4 Å². The highest BCUT2D eigenvalue weighted by molar-refractivity contribution is 5.85. The molecule has 11 heteroatoms. The Morgan fingerprint density at radius 3 is 2.43 bits per heavy atom. The maximum absolute atomic E-state index is 12.3. The number of hydrogen-bond donors (Lipinski definition) is 1. The lowest BCUT2D eigenvalue weighted by molar-refractivity contribution is -0.385. The van der Waals surface area contributed by atoms with Gasteiger partial charge in [-0.05, 0) is 41.8 Å². The number of nitro groups is 2. The second-order valence-electron chi connectivity index (χ2n) is 7.77. The smallest absolute Gasteiger partial charge is 0.273 e. The van der Waals surface area contributed by atoms with Crippen LogP contribution in [0.5, 0.6) is 11.5 Å². The summed E-state index contributed by atoms with van der Waals surface area (Å²) in [5, 5.41) is 25.9. The van der Waals surface area contributed by atoms with Crippen molar-refractivity contribution in [3.63, 3.8) is 0 Å². The van der Waals surface area contributed by atoms with Gasteiger partial charge in [-0.2, -0.15) is 5.10 Å². The number of hydrogen-bond acceptors (Lipinski definition) is 8. The minimum Gasteiger partial charge on any atom is -0.493 e. The predicted octanol–water partition coefficient (Wildman–Crippen LogP) is 4.51. The van der Waals surface area contributed by atoms with Gasteiger partial charge >= 0.3 is 0 Å². The lowest BCUT2D eigenvalue weighted by atomic mass is 10.1. The van der Waals surface area contributed by atoms with Crippen molar-refractivity contribution in [1.82, 2.24) is 5.43 Å². The number of para-hydroxylation sites is 1. The first-order valence-corrected chi connectivity index (χ1v) is 11.0. The fourth-order valence-corrected chi connectivity index (χ4v) is 3.48. The Labute approximate surface area is 212 Å². The number of allylic oxidation sites excluding steroid dienone is 1. The van der Waals surface area contributed by atoms with Crippen LogP contribution < -0.4 is 14.9 Å². The van der Waals surface area contributed by atoms with Crippen molar-refractivity contribution in [3.05, 3.63) is 116 Å². The number of methoxy groups -OCH3 is 1. The Morgan fingerprint density at radius 1 is 1.05 bits per heavy atom. The Balaban J connectivity index is 1.72. The predicted molar refractivity (Wildman–Crippen MR) is 137 cm³/mol. The minimum atomic E-state index is -0.537. The van der Waals surface area contributed by atoms with Crippen molar-refractivity contribution >= 4 is 23.5 Å². The van der Waals surface area contributed by atoms with Crippen LogP contribution in [0.25, 0.3) is 0 Å². The molecular formula is C26H24N4O7. The van der Waals surface area contributed by atoms with E-state index in [0.717, 1.165) is 11.1 Å². The fraction of sp³-hybridized carbons (Fsp3) is 0.154. The van der Waals surface area contributed by atoms with Crippen LogP contribution in [0.1, 0.15) is 22.3 Å². The molecule has 0 aliphatic carbocycles. The molecule has 0 radical (unpaired) electrons. The van der Waals surface area contributed by atoms with Gasteiger partial charge in [0.25, 0.3) is 11.4 Å². The normalized spacial score (nSPS) is 10.6. The van der Waals surface area contributed by atoms with E-state index in [1.807, 2.05) is 0 Å². The number of nitrogens with zero attached hydrogens (tertiary/aromatic N) is 3. The van der Waals surface area contributed by atoms with Gasteiger partial charge in [0.15, 0.2) is 11.5 Å². The molecule has 0 saturated carbocycles. The fourth-order valence-electron chi connectivity index (χ4n) is 3.48. The van der Waals surface area contributed by atoms with Gasteiger partial charge in [-0.15, -0.1) is 6.58 Å². The Hall–Kier alpha value is -5.06. The van der Waals surface area contributed by atoms with Gasteiger partial charge < -0.3 is 9.47 Å². The van der Waals surface area contributed by atoms with Gasteiger partial charge in [-0.3, -0.25) is 25.0 Å². The molecule has 190 valence electrons. The van der Waals surface area contributed by atoms with E-state index in [2.05, 4.69) is 17.1 Å². The second-order valence-corrected chi connectivity index (χ2v) is 7.77. The molecule has 1 N–H and O–H groups in total. The molecule has 3 aromatic carbocycles. The van der Waals surface area contributed by atoms with Crippen LogP contribution in [-0.2, 0) is 24.2 Å². The summed E-state index contributed by atoms with van der Waals surface area (Å²) in [6.45, 7) is 3.93. The molecule has 0 fully saturated rings. The average Bonchev–Trinajstić information content (AvgIpc) is 2.88. The summed E-state index contributed by atoms with van der Waals surface area (Å²) in [5.41, 5.74) is 4.62. The molecule has 0 heterocycles. The van der Waals surface area contributed by atoms with Gasteiger partial charge in [-0.25, -0.2) is 5.43 Å². The lowest BCUT2D eigenvalue weighted by Gasteiger charge is -2.16. The third-order valence-corrected chi connectivity index (χ3v) is 5.21. The first-order valence-electron chi connectivity index (χ1n) is 11.0. The van der Waals surface area contributed by atoms with E-state index in [9.17, 15) is 25.0 Å². The molecule has 11 nitrogen and oxygen atoms in total. The molecule has 0 saturated heterocycles. The van der Waals surface area contributed by atoms with Crippen molar-refractivity contribution in [1.29, 1.82) is 0 Å². The number of amides is 1. The number of non-ortho nitro benzene ring substituents is 1. The maximum Gasteiger partial charge on any atom is 0.273 e. The first kappa shape index (κ1) is 26.5. The maximum atomic E-state index is 12.3. The SMILES string of the molecule is C=CCc1cc(/C=N/NC(=O)Cc2ccccc2[N+](=O)[O-])cc(OC)c1OCc1ccc([N+](=O)[O-])cc1. The number of nitro benzene ring substituents is 2. The standard InChI is InChI=1S/C26H24N4O7/c1-3-6-21-13-19(16-27-28-25(31)15-20-7-4-5-8-23(20)30(34)35)14-24(36-2)26(21)37-17-18-9-11-22(12-10-18)29(32)33/h3-5,7-14,16H,1,6,15,17H2,2H3,(H,28,31)/b27-16+. The Bertz CT molecular complexity index is 1340. The van der Waals surface area contributed by atoms with Crippen molar-refractivity contribution in [3.8, 4) is 11.5 Å². The van der Waals surface area contributed by atoms with Gasteiger partial charge in [-0.1, -0.05) is 24.3 Å². The molecule has 0 aromatic heterocycles. The summed E-state index contributed by atoms with van der Waals surface area (Å²) in [6, 6.07) is 15.5. The summed E-state index contributed by atoms with van der Waals surface area (Å²) in [7, 11) is 1.49. The van der Waals surface area contributed by atoms with Crippen molar-refractivity contribution in [2.75, 3.05) is 7.11 Å². The number of hydrazone groups is 1. The molecule has 0 aliphatic heterocycles. The van der Waals surface area contributed by atoms with E-state index >= 15 is 0 Å². The lowest BCUT2D eigenvalue weighted by Crippen LogP contribution is -2.20. The zero-order valence-corrected chi connectivity index (χ0v) is 20.0. The molecule has 1 amide bonds. The van der Waals surface area contributed by atoms with Crippen LogP contribution in [0.2, 0.25) is 0 Å². The van der Waals surface area contributed by atoms with E-state index in [1.54, 1.807) is 36.4 Å². The van der Waals surface area contributed by atoms with Gasteiger partial charge in [0.1, 0.15) is 6.61 Å². The van der Waals surface area contributed by atoms with E-state index in [1.165, 1.54) is 43.7 Å². The highest BCUT2D eigenvalue weighted by Gasteiger charge is 2.16. The number of benzene rings is 3. The number of carbonyl (C=O) groups is 1. The van der Waals surface area contributed by atoms with Crippen LogP contribution in [0, 0.1) is 20.2 Å². The zero-order chi connectivity index (χ0) is 26.8.